The number of nitrogens with zero attached hydrogens (tertiary/aromatic N) is 1. The van der Waals surface area contributed by atoms with Gasteiger partial charge in [0, 0.05) is 12.7 Å². The smallest absolute Gasteiger partial charge is 0.315 e. The van der Waals surface area contributed by atoms with E-state index in [1.165, 1.54) is 6.92 Å². The minimum absolute atomic E-state index is 0.0361. The molecule has 0 radical (unpaired) electrons. The van der Waals surface area contributed by atoms with E-state index in [-0.39, 0.29) is 10.00 Å². The first kappa shape index (κ1) is 14.2. The number of sulfonamides is 1. The highest BCUT2D eigenvalue weighted by molar-refractivity contribution is 7.91. The number of hydrogen-bond acceptors (Lipinski definition) is 4. The van der Waals surface area contributed by atoms with Crippen molar-refractivity contribution in [3.8, 4) is 0 Å². The molecular weight excluding hydrogens is 281 g/mol. The summed E-state index contributed by atoms with van der Waals surface area (Å²) in [6.45, 7) is -0.285. The molecule has 0 saturated heterocycles. The average Bonchev–Trinajstić information content (AvgIpc) is 2.42. The van der Waals surface area contributed by atoms with E-state index in [0.29, 0.717) is 11.3 Å². The molecule has 1 rings (SSSR count). The van der Waals surface area contributed by atoms with Crippen molar-refractivity contribution in [2.24, 2.45) is 0 Å². The van der Waals surface area contributed by atoms with Crippen LogP contribution in [0.2, 0.25) is 0 Å². The van der Waals surface area contributed by atoms with Gasteiger partial charge in [0.05, 0.1) is 0 Å². The summed E-state index contributed by atoms with van der Waals surface area (Å²) in [6.07, 6.45) is -4.63. The SMILES string of the molecule is Cc1[nH]c(=O)sc1S(=O)(=O)N(C)CC(F)(F)F. The van der Waals surface area contributed by atoms with Crippen molar-refractivity contribution in [2.75, 3.05) is 13.6 Å². The van der Waals surface area contributed by atoms with Crippen molar-refractivity contribution < 1.29 is 21.6 Å². The molecule has 0 bridgehead atoms. The topological polar surface area (TPSA) is 70.2 Å². The van der Waals surface area contributed by atoms with E-state index in [0.717, 1.165) is 7.05 Å². The van der Waals surface area contributed by atoms with Crippen LogP contribution in [0, 0.1) is 6.92 Å². The highest BCUT2D eigenvalue weighted by atomic mass is 32.2. The number of rotatable bonds is 3. The van der Waals surface area contributed by atoms with Gasteiger partial charge in [-0.15, -0.1) is 0 Å². The number of aryl methyl sites for hydroxylation is 1. The molecule has 10 heteroatoms. The van der Waals surface area contributed by atoms with Crippen LogP contribution in [0.3, 0.4) is 0 Å². The molecule has 17 heavy (non-hydrogen) atoms. The van der Waals surface area contributed by atoms with Crippen LogP contribution in [0.4, 0.5) is 13.2 Å². The number of H-pyrrole nitrogens is 1. The van der Waals surface area contributed by atoms with Crippen molar-refractivity contribution >= 4 is 21.4 Å². The van der Waals surface area contributed by atoms with Crippen LogP contribution in [-0.4, -0.2) is 37.5 Å². The molecule has 5 nitrogen and oxygen atoms in total. The molecule has 0 aliphatic heterocycles. The van der Waals surface area contributed by atoms with E-state index in [4.69, 9.17) is 0 Å². The maximum absolute atomic E-state index is 12.1. The van der Waals surface area contributed by atoms with Gasteiger partial charge in [-0.3, -0.25) is 4.79 Å². The Hall–Kier alpha value is -0.870. The predicted molar refractivity (Wildman–Crippen MR) is 55.5 cm³/mol. The zero-order valence-electron chi connectivity index (χ0n) is 8.83. The summed E-state index contributed by atoms with van der Waals surface area (Å²) in [5.74, 6) is 0. The van der Waals surface area contributed by atoms with Crippen LogP contribution in [0.15, 0.2) is 9.00 Å². The fourth-order valence-corrected chi connectivity index (χ4v) is 3.76. The molecule has 1 aromatic heterocycles. The first-order valence-electron chi connectivity index (χ1n) is 4.27. The molecule has 1 N–H and O–H groups in total. The largest absolute Gasteiger partial charge is 0.402 e. The van der Waals surface area contributed by atoms with Crippen molar-refractivity contribution in [3.05, 3.63) is 15.4 Å². The monoisotopic (exact) mass is 290 g/mol. The van der Waals surface area contributed by atoms with Crippen LogP contribution in [0.1, 0.15) is 5.69 Å². The molecule has 1 aromatic rings. The summed E-state index contributed by atoms with van der Waals surface area (Å²) in [5.41, 5.74) is 0.0361. The standard InChI is InChI=1S/C7H9F3N2O3S2/c1-4-5(16-6(13)11-4)17(14,15)12(2)3-7(8,9)10/h3H2,1-2H3,(H,11,13). The summed E-state index contributed by atoms with van der Waals surface area (Å²) in [7, 11) is -3.47. The zero-order valence-corrected chi connectivity index (χ0v) is 10.5. The lowest BCUT2D eigenvalue weighted by atomic mass is 10.6. The lowest BCUT2D eigenvalue weighted by molar-refractivity contribution is -0.134. The summed E-state index contributed by atoms with van der Waals surface area (Å²) in [4.78, 5) is 12.5. The van der Waals surface area contributed by atoms with Gasteiger partial charge in [0.1, 0.15) is 6.54 Å². The molecule has 0 atom stereocenters. The summed E-state index contributed by atoms with van der Waals surface area (Å²) in [6, 6.07) is 0. The van der Waals surface area contributed by atoms with Crippen LogP contribution in [0.25, 0.3) is 0 Å². The molecule has 0 fully saturated rings. The first-order chi connectivity index (χ1) is 7.54. The van der Waals surface area contributed by atoms with Gasteiger partial charge in [-0.25, -0.2) is 8.42 Å². The third-order valence-electron chi connectivity index (χ3n) is 1.83. The second-order valence-corrected chi connectivity index (χ2v) is 6.53. The quantitative estimate of drug-likeness (QED) is 0.900. The molecule has 98 valence electrons. The van der Waals surface area contributed by atoms with Crippen molar-refractivity contribution in [1.82, 2.24) is 9.29 Å². The number of hydrogen-bond donors (Lipinski definition) is 1. The fraction of sp³-hybridized carbons (Fsp3) is 0.571. The first-order valence-corrected chi connectivity index (χ1v) is 6.52. The highest BCUT2D eigenvalue weighted by Crippen LogP contribution is 2.23. The Labute approximate surface area is 98.9 Å². The third kappa shape index (κ3) is 3.30. The van der Waals surface area contributed by atoms with E-state index < -0.39 is 31.8 Å². The van der Waals surface area contributed by atoms with Gasteiger partial charge in [0.2, 0.25) is 0 Å². The van der Waals surface area contributed by atoms with Gasteiger partial charge < -0.3 is 4.98 Å². The van der Waals surface area contributed by atoms with Crippen LogP contribution >= 0.6 is 11.3 Å². The third-order valence-corrected chi connectivity index (χ3v) is 5.21. The van der Waals surface area contributed by atoms with Gasteiger partial charge >= 0.3 is 11.0 Å². The molecular formula is C7H9F3N2O3S2. The predicted octanol–water partition coefficient (Wildman–Crippen LogP) is 0.928. The molecule has 0 saturated carbocycles. The Balaban J connectivity index is 3.12. The Bertz CT molecular complexity index is 558. The molecule has 0 aliphatic carbocycles. The van der Waals surface area contributed by atoms with E-state index >= 15 is 0 Å². The molecule has 0 aromatic carbocycles. The Morgan fingerprint density at radius 2 is 1.94 bits per heavy atom. The van der Waals surface area contributed by atoms with E-state index in [1.54, 1.807) is 0 Å². The number of halogens is 3. The number of alkyl halides is 3. The Morgan fingerprint density at radius 1 is 1.41 bits per heavy atom. The van der Waals surface area contributed by atoms with Gasteiger partial charge in [0.25, 0.3) is 10.0 Å². The zero-order chi connectivity index (χ0) is 13.4. The number of aromatic amines is 1. The number of thiazole rings is 1. The lowest BCUT2D eigenvalue weighted by Gasteiger charge is -2.17. The molecule has 0 spiro atoms. The van der Waals surface area contributed by atoms with Gasteiger partial charge in [-0.2, -0.15) is 17.5 Å². The minimum atomic E-state index is -4.63. The summed E-state index contributed by atoms with van der Waals surface area (Å²) in [5, 5.41) is 0. The maximum atomic E-state index is 12.1. The van der Waals surface area contributed by atoms with Gasteiger partial charge in [-0.1, -0.05) is 11.3 Å². The second kappa shape index (κ2) is 4.42. The Morgan fingerprint density at radius 3 is 2.29 bits per heavy atom. The Kier molecular flexibility index (Phi) is 3.69. The van der Waals surface area contributed by atoms with Gasteiger partial charge in [0.15, 0.2) is 4.21 Å². The molecule has 0 amide bonds. The number of nitrogens with one attached hydrogen (secondary N) is 1. The molecule has 0 unspecified atom stereocenters. The highest BCUT2D eigenvalue weighted by Gasteiger charge is 2.36. The van der Waals surface area contributed by atoms with Crippen LogP contribution in [0.5, 0.6) is 0 Å². The fourth-order valence-electron chi connectivity index (χ4n) is 1.12. The van der Waals surface area contributed by atoms with Crippen molar-refractivity contribution in [2.45, 2.75) is 17.3 Å². The normalized spacial score (nSPS) is 13.3. The second-order valence-electron chi connectivity index (χ2n) is 3.30. The maximum Gasteiger partial charge on any atom is 0.402 e. The summed E-state index contributed by atoms with van der Waals surface area (Å²) < 4.78 is 59.5. The lowest BCUT2D eigenvalue weighted by Crippen LogP contribution is -2.35. The van der Waals surface area contributed by atoms with Crippen LogP contribution in [-0.2, 0) is 10.0 Å². The van der Waals surface area contributed by atoms with Gasteiger partial charge in [-0.05, 0) is 6.92 Å². The molecule has 0 aliphatic rings. The molecule has 1 heterocycles. The van der Waals surface area contributed by atoms with Crippen molar-refractivity contribution in [3.63, 3.8) is 0 Å². The van der Waals surface area contributed by atoms with E-state index in [1.807, 2.05) is 0 Å². The van der Waals surface area contributed by atoms with Crippen molar-refractivity contribution in [1.29, 1.82) is 0 Å². The van der Waals surface area contributed by atoms with Crippen LogP contribution < -0.4 is 4.87 Å². The summed E-state index contributed by atoms with van der Waals surface area (Å²) >= 11 is 0.368. The average molecular weight is 290 g/mol. The minimum Gasteiger partial charge on any atom is -0.315 e. The van der Waals surface area contributed by atoms with E-state index in [2.05, 4.69) is 4.98 Å². The van der Waals surface area contributed by atoms with E-state index in [9.17, 15) is 26.4 Å². The number of aromatic nitrogens is 1.